The fraction of sp³-hybridized carbons (Fsp3) is 0.0625. The van der Waals surface area contributed by atoms with Crippen LogP contribution in [0.15, 0.2) is 52.2 Å². The molecule has 0 aliphatic carbocycles. The molecule has 0 fully saturated rings. The summed E-state index contributed by atoms with van der Waals surface area (Å²) in [5.74, 6) is 0.000770. The molecule has 0 aliphatic heterocycles. The third-order valence-electron chi connectivity index (χ3n) is 3.23. The molecular formula is C16H11ClO3. The summed E-state index contributed by atoms with van der Waals surface area (Å²) in [4.78, 5) is 12.5. The van der Waals surface area contributed by atoms with Crippen molar-refractivity contribution in [2.24, 2.45) is 0 Å². The van der Waals surface area contributed by atoms with Crippen LogP contribution in [0.1, 0.15) is 5.56 Å². The molecule has 3 aromatic rings. The summed E-state index contributed by atoms with van der Waals surface area (Å²) in [5.41, 5.74) is 1.11. The molecule has 100 valence electrons. The van der Waals surface area contributed by atoms with Gasteiger partial charge in [0.05, 0.1) is 15.8 Å². The quantitative estimate of drug-likeness (QED) is 0.571. The van der Waals surface area contributed by atoms with Gasteiger partial charge in [0, 0.05) is 5.56 Å². The fourth-order valence-corrected chi connectivity index (χ4v) is 2.58. The molecule has 1 heterocycles. The molecule has 3 rings (SSSR count). The summed E-state index contributed by atoms with van der Waals surface area (Å²) >= 11 is 6.09. The van der Waals surface area contributed by atoms with E-state index in [0.29, 0.717) is 33.9 Å². The van der Waals surface area contributed by atoms with Crippen LogP contribution in [0, 0.1) is 0 Å². The van der Waals surface area contributed by atoms with Crippen LogP contribution in [-0.2, 0) is 6.42 Å². The number of para-hydroxylation sites is 1. The lowest BCUT2D eigenvalue weighted by atomic mass is 10.0. The minimum atomic E-state index is -0.197. The van der Waals surface area contributed by atoms with Crippen LogP contribution in [0.4, 0.5) is 0 Å². The van der Waals surface area contributed by atoms with Gasteiger partial charge in [0.2, 0.25) is 5.43 Å². The first-order valence-electron chi connectivity index (χ1n) is 6.10. The molecule has 0 saturated heterocycles. The summed E-state index contributed by atoms with van der Waals surface area (Å²) in [6, 6.07) is 8.33. The highest BCUT2D eigenvalue weighted by Gasteiger charge is 2.17. The third-order valence-corrected chi connectivity index (χ3v) is 3.53. The Morgan fingerprint density at radius 3 is 2.85 bits per heavy atom. The molecule has 20 heavy (non-hydrogen) atoms. The van der Waals surface area contributed by atoms with Crippen molar-refractivity contribution in [3.8, 4) is 5.75 Å². The number of benzene rings is 2. The Bertz CT molecular complexity index is 893. The van der Waals surface area contributed by atoms with Crippen LogP contribution >= 0.6 is 11.6 Å². The first-order valence-corrected chi connectivity index (χ1v) is 6.48. The lowest BCUT2D eigenvalue weighted by Gasteiger charge is -2.09. The monoisotopic (exact) mass is 286 g/mol. The van der Waals surface area contributed by atoms with Crippen LogP contribution in [0.3, 0.4) is 0 Å². The highest BCUT2D eigenvalue weighted by Crippen LogP contribution is 2.34. The van der Waals surface area contributed by atoms with E-state index >= 15 is 0 Å². The number of allylic oxidation sites excluding steroid dienone is 1. The maximum Gasteiger partial charge on any atom is 0.202 e. The average molecular weight is 287 g/mol. The van der Waals surface area contributed by atoms with E-state index in [4.69, 9.17) is 16.0 Å². The van der Waals surface area contributed by atoms with Gasteiger partial charge in [-0.3, -0.25) is 4.79 Å². The van der Waals surface area contributed by atoms with Crippen LogP contribution in [0.25, 0.3) is 21.9 Å². The highest BCUT2D eigenvalue weighted by atomic mass is 35.5. The van der Waals surface area contributed by atoms with E-state index in [-0.39, 0.29) is 16.2 Å². The molecule has 4 heteroatoms. The second-order valence-corrected chi connectivity index (χ2v) is 4.89. The standard InChI is InChI=1S/C16H11ClO3/c1-2-5-9-12(18)8-11(17)14-15(19)10-6-3-4-7-13(10)20-16(9)14/h2-4,6-8,18H,1,5H2. The second-order valence-electron chi connectivity index (χ2n) is 4.48. The molecule has 1 aromatic heterocycles. The second kappa shape index (κ2) is 4.69. The summed E-state index contributed by atoms with van der Waals surface area (Å²) < 4.78 is 5.78. The Labute approximate surface area is 119 Å². The Balaban J connectivity index is 2.60. The topological polar surface area (TPSA) is 50.4 Å². The normalized spacial score (nSPS) is 11.1. The van der Waals surface area contributed by atoms with E-state index in [1.807, 2.05) is 0 Å². The number of hydrogen-bond acceptors (Lipinski definition) is 3. The number of hydrogen-bond donors (Lipinski definition) is 1. The molecule has 2 aromatic carbocycles. The average Bonchev–Trinajstić information content (AvgIpc) is 2.43. The van der Waals surface area contributed by atoms with E-state index in [1.54, 1.807) is 30.3 Å². The molecule has 0 spiro atoms. The van der Waals surface area contributed by atoms with E-state index in [1.165, 1.54) is 6.07 Å². The predicted molar refractivity (Wildman–Crippen MR) is 80.6 cm³/mol. The molecule has 1 N–H and O–H groups in total. The van der Waals surface area contributed by atoms with Crippen molar-refractivity contribution in [1.29, 1.82) is 0 Å². The van der Waals surface area contributed by atoms with Crippen molar-refractivity contribution in [1.82, 2.24) is 0 Å². The number of fused-ring (bicyclic) bond motifs is 2. The number of rotatable bonds is 2. The zero-order chi connectivity index (χ0) is 14.3. The van der Waals surface area contributed by atoms with Gasteiger partial charge < -0.3 is 9.52 Å². The summed E-state index contributed by atoms with van der Waals surface area (Å²) in [6.45, 7) is 3.65. The van der Waals surface area contributed by atoms with Crippen molar-refractivity contribution < 1.29 is 9.52 Å². The Morgan fingerprint density at radius 1 is 1.35 bits per heavy atom. The minimum Gasteiger partial charge on any atom is -0.507 e. The molecule has 3 nitrogen and oxygen atoms in total. The molecule has 0 bridgehead atoms. The van der Waals surface area contributed by atoms with E-state index < -0.39 is 0 Å². The molecule has 0 saturated carbocycles. The van der Waals surface area contributed by atoms with E-state index in [0.717, 1.165) is 0 Å². The number of phenolic OH excluding ortho intramolecular Hbond substituents is 1. The smallest absolute Gasteiger partial charge is 0.202 e. The van der Waals surface area contributed by atoms with Crippen molar-refractivity contribution >= 4 is 33.5 Å². The molecule has 0 amide bonds. The van der Waals surface area contributed by atoms with Crippen LogP contribution in [0.5, 0.6) is 5.75 Å². The lowest BCUT2D eigenvalue weighted by molar-refractivity contribution is 0.469. The van der Waals surface area contributed by atoms with Crippen LogP contribution in [-0.4, -0.2) is 5.11 Å². The SMILES string of the molecule is C=CCc1c(O)cc(Cl)c2c(=O)c3ccccc3oc12. The molecular weight excluding hydrogens is 276 g/mol. The zero-order valence-electron chi connectivity index (χ0n) is 10.5. The van der Waals surface area contributed by atoms with Gasteiger partial charge in [0.1, 0.15) is 16.9 Å². The van der Waals surface area contributed by atoms with Gasteiger partial charge in [0.25, 0.3) is 0 Å². The predicted octanol–water partition coefficient (Wildman–Crippen LogP) is 4.03. The Kier molecular flexibility index (Phi) is 2.99. The number of aromatic hydroxyl groups is 1. The van der Waals surface area contributed by atoms with E-state index in [2.05, 4.69) is 6.58 Å². The molecule has 0 unspecified atom stereocenters. The maximum absolute atomic E-state index is 12.5. The summed E-state index contributed by atoms with van der Waals surface area (Å²) in [5, 5.41) is 10.9. The minimum absolute atomic E-state index is 0.000770. The third kappa shape index (κ3) is 1.79. The maximum atomic E-state index is 12.5. The number of halogens is 1. The van der Waals surface area contributed by atoms with Gasteiger partial charge in [-0.2, -0.15) is 0 Å². The van der Waals surface area contributed by atoms with Gasteiger partial charge >= 0.3 is 0 Å². The van der Waals surface area contributed by atoms with E-state index in [9.17, 15) is 9.90 Å². The first kappa shape index (κ1) is 12.8. The fourth-order valence-electron chi connectivity index (χ4n) is 2.31. The highest BCUT2D eigenvalue weighted by molar-refractivity contribution is 6.35. The van der Waals surface area contributed by atoms with Gasteiger partial charge in [0.15, 0.2) is 0 Å². The first-order chi connectivity index (χ1) is 9.63. The Hall–Kier alpha value is -2.26. The van der Waals surface area contributed by atoms with Crippen molar-refractivity contribution in [3.63, 3.8) is 0 Å². The van der Waals surface area contributed by atoms with Crippen LogP contribution in [0.2, 0.25) is 5.02 Å². The Morgan fingerprint density at radius 2 is 2.10 bits per heavy atom. The summed E-state index contributed by atoms with van der Waals surface area (Å²) in [7, 11) is 0. The van der Waals surface area contributed by atoms with Gasteiger partial charge in [-0.05, 0) is 24.6 Å². The molecule has 0 aliphatic rings. The summed E-state index contributed by atoms with van der Waals surface area (Å²) in [6.07, 6.45) is 2.03. The van der Waals surface area contributed by atoms with Gasteiger partial charge in [-0.1, -0.05) is 29.8 Å². The molecule has 0 atom stereocenters. The van der Waals surface area contributed by atoms with Crippen molar-refractivity contribution in [2.75, 3.05) is 0 Å². The van der Waals surface area contributed by atoms with Gasteiger partial charge in [-0.15, -0.1) is 6.58 Å². The van der Waals surface area contributed by atoms with Gasteiger partial charge in [-0.25, -0.2) is 0 Å². The zero-order valence-corrected chi connectivity index (χ0v) is 11.3. The van der Waals surface area contributed by atoms with Crippen molar-refractivity contribution in [2.45, 2.75) is 6.42 Å². The largest absolute Gasteiger partial charge is 0.507 e. The van der Waals surface area contributed by atoms with Crippen molar-refractivity contribution in [3.05, 3.63) is 63.8 Å². The lowest BCUT2D eigenvalue weighted by Crippen LogP contribution is -2.04. The van der Waals surface area contributed by atoms with Crippen LogP contribution < -0.4 is 5.43 Å². The number of phenols is 1. The molecule has 0 radical (unpaired) electrons.